The molecule has 0 heterocycles. The summed E-state index contributed by atoms with van der Waals surface area (Å²) in [6, 6.07) is 5.83. The van der Waals surface area contributed by atoms with E-state index in [1.807, 2.05) is 32.0 Å². The monoisotopic (exact) mass is 236 g/mol. The second kappa shape index (κ2) is 6.78. The van der Waals surface area contributed by atoms with Crippen LogP contribution in [0.3, 0.4) is 0 Å². The highest BCUT2D eigenvalue weighted by molar-refractivity contribution is 5.81. The van der Waals surface area contributed by atoms with E-state index in [9.17, 15) is 4.79 Å². The Balaban J connectivity index is 2.56. The topological polar surface area (TPSA) is 50.4 Å². The van der Waals surface area contributed by atoms with Crippen molar-refractivity contribution in [2.45, 2.75) is 20.3 Å². The van der Waals surface area contributed by atoms with Gasteiger partial charge in [-0.05, 0) is 31.0 Å². The number of hydrogen-bond acceptors (Lipinski definition) is 3. The van der Waals surface area contributed by atoms with E-state index in [0.29, 0.717) is 6.54 Å². The molecule has 0 bridgehead atoms. The Kier molecular flexibility index (Phi) is 5.33. The highest BCUT2D eigenvalue weighted by atomic mass is 16.5. The highest BCUT2D eigenvalue weighted by Gasteiger charge is 2.05. The van der Waals surface area contributed by atoms with Crippen molar-refractivity contribution in [2.24, 2.45) is 0 Å². The smallest absolute Gasteiger partial charge is 0.239 e. The molecule has 0 atom stereocenters. The second-order valence-corrected chi connectivity index (χ2v) is 3.91. The lowest BCUT2D eigenvalue weighted by Crippen LogP contribution is -2.30. The maximum absolute atomic E-state index is 11.4. The van der Waals surface area contributed by atoms with Gasteiger partial charge in [-0.1, -0.05) is 13.0 Å². The van der Waals surface area contributed by atoms with Crippen LogP contribution in [-0.2, 0) is 4.79 Å². The predicted molar refractivity (Wildman–Crippen MR) is 69.5 cm³/mol. The largest absolute Gasteiger partial charge is 0.495 e. The number of carbonyl (C=O) groups excluding carboxylic acids is 1. The van der Waals surface area contributed by atoms with Crippen LogP contribution >= 0.6 is 0 Å². The first-order chi connectivity index (χ1) is 8.17. The molecule has 0 aliphatic heterocycles. The van der Waals surface area contributed by atoms with Gasteiger partial charge in [0.1, 0.15) is 5.75 Å². The van der Waals surface area contributed by atoms with Crippen molar-refractivity contribution in [3.63, 3.8) is 0 Å². The van der Waals surface area contributed by atoms with Crippen LogP contribution in [0.25, 0.3) is 0 Å². The van der Waals surface area contributed by atoms with Crippen molar-refractivity contribution < 1.29 is 9.53 Å². The summed E-state index contributed by atoms with van der Waals surface area (Å²) in [5.41, 5.74) is 1.97. The predicted octanol–water partition coefficient (Wildman–Crippen LogP) is 1.94. The van der Waals surface area contributed by atoms with Crippen LogP contribution in [0.2, 0.25) is 0 Å². The van der Waals surface area contributed by atoms with Crippen molar-refractivity contribution in [1.82, 2.24) is 5.32 Å². The van der Waals surface area contributed by atoms with Gasteiger partial charge in [0.15, 0.2) is 0 Å². The summed E-state index contributed by atoms with van der Waals surface area (Å²) in [5, 5.41) is 5.89. The molecule has 0 aliphatic rings. The first-order valence-corrected chi connectivity index (χ1v) is 5.82. The van der Waals surface area contributed by atoms with Crippen molar-refractivity contribution in [3.05, 3.63) is 23.8 Å². The summed E-state index contributed by atoms with van der Waals surface area (Å²) >= 11 is 0. The number of benzene rings is 1. The zero-order chi connectivity index (χ0) is 12.7. The molecule has 0 saturated heterocycles. The fourth-order valence-electron chi connectivity index (χ4n) is 1.46. The number of anilines is 1. The van der Waals surface area contributed by atoms with Gasteiger partial charge in [0, 0.05) is 6.54 Å². The van der Waals surface area contributed by atoms with Crippen molar-refractivity contribution >= 4 is 11.6 Å². The Bertz CT molecular complexity index is 378. The first kappa shape index (κ1) is 13.4. The van der Waals surface area contributed by atoms with Crippen molar-refractivity contribution in [2.75, 3.05) is 25.5 Å². The highest BCUT2D eigenvalue weighted by Crippen LogP contribution is 2.24. The number of ether oxygens (including phenoxy) is 1. The third-order valence-corrected chi connectivity index (χ3v) is 2.37. The molecule has 94 valence electrons. The van der Waals surface area contributed by atoms with E-state index in [1.165, 1.54) is 0 Å². The molecule has 1 amide bonds. The van der Waals surface area contributed by atoms with Gasteiger partial charge in [-0.25, -0.2) is 0 Å². The van der Waals surface area contributed by atoms with Gasteiger partial charge in [0.05, 0.1) is 19.3 Å². The second-order valence-electron chi connectivity index (χ2n) is 3.91. The van der Waals surface area contributed by atoms with Gasteiger partial charge in [-0.3, -0.25) is 4.79 Å². The molecule has 0 aromatic heterocycles. The maximum Gasteiger partial charge on any atom is 0.239 e. The molecular formula is C13H20N2O2. The average Bonchev–Trinajstić information content (AvgIpc) is 2.34. The van der Waals surface area contributed by atoms with Gasteiger partial charge >= 0.3 is 0 Å². The number of amides is 1. The van der Waals surface area contributed by atoms with Crippen molar-refractivity contribution in [1.29, 1.82) is 0 Å². The summed E-state index contributed by atoms with van der Waals surface area (Å²) in [6.45, 7) is 5.00. The number of rotatable bonds is 6. The van der Waals surface area contributed by atoms with Gasteiger partial charge in [0.2, 0.25) is 5.91 Å². The molecule has 4 nitrogen and oxygen atoms in total. The molecule has 0 spiro atoms. The molecule has 0 aliphatic carbocycles. The molecular weight excluding hydrogens is 216 g/mol. The normalized spacial score (nSPS) is 9.82. The Morgan fingerprint density at radius 1 is 1.41 bits per heavy atom. The van der Waals surface area contributed by atoms with Crippen molar-refractivity contribution in [3.8, 4) is 5.75 Å². The van der Waals surface area contributed by atoms with E-state index >= 15 is 0 Å². The lowest BCUT2D eigenvalue weighted by Gasteiger charge is -2.11. The quantitative estimate of drug-likeness (QED) is 0.793. The molecule has 1 aromatic carbocycles. The van der Waals surface area contributed by atoms with Crippen LogP contribution in [0.5, 0.6) is 5.75 Å². The zero-order valence-electron chi connectivity index (χ0n) is 10.7. The summed E-state index contributed by atoms with van der Waals surface area (Å²) < 4.78 is 5.22. The molecule has 4 heteroatoms. The molecule has 0 unspecified atom stereocenters. The molecule has 1 aromatic rings. The summed E-state index contributed by atoms with van der Waals surface area (Å²) in [4.78, 5) is 11.4. The molecule has 2 N–H and O–H groups in total. The van der Waals surface area contributed by atoms with Crippen LogP contribution in [0, 0.1) is 6.92 Å². The summed E-state index contributed by atoms with van der Waals surface area (Å²) in [5.74, 6) is 0.745. The Labute approximate surface area is 102 Å². The van der Waals surface area contributed by atoms with Gasteiger partial charge in [0.25, 0.3) is 0 Å². The average molecular weight is 236 g/mol. The van der Waals surface area contributed by atoms with Crippen LogP contribution in [0.4, 0.5) is 5.69 Å². The van der Waals surface area contributed by atoms with Gasteiger partial charge in [-0.2, -0.15) is 0 Å². The van der Waals surface area contributed by atoms with E-state index < -0.39 is 0 Å². The van der Waals surface area contributed by atoms with Crippen LogP contribution in [-0.4, -0.2) is 26.1 Å². The maximum atomic E-state index is 11.4. The molecule has 0 saturated carbocycles. The zero-order valence-corrected chi connectivity index (χ0v) is 10.7. The molecule has 0 radical (unpaired) electrons. The molecule has 0 fully saturated rings. The Hall–Kier alpha value is -1.71. The number of aryl methyl sites for hydroxylation is 1. The van der Waals surface area contributed by atoms with E-state index in [2.05, 4.69) is 10.6 Å². The van der Waals surface area contributed by atoms with Gasteiger partial charge < -0.3 is 15.4 Å². The lowest BCUT2D eigenvalue weighted by molar-refractivity contribution is -0.119. The first-order valence-electron chi connectivity index (χ1n) is 5.82. The third-order valence-electron chi connectivity index (χ3n) is 2.37. The lowest BCUT2D eigenvalue weighted by atomic mass is 10.2. The Morgan fingerprint density at radius 3 is 2.82 bits per heavy atom. The minimum absolute atomic E-state index is 0.00425. The van der Waals surface area contributed by atoms with Crippen LogP contribution in [0.15, 0.2) is 18.2 Å². The standard InChI is InChI=1S/C13H20N2O2/c1-4-7-14-13(16)9-15-11-8-10(2)5-6-12(11)17-3/h5-6,8,15H,4,7,9H2,1-3H3,(H,14,16). The summed E-state index contributed by atoms with van der Waals surface area (Å²) in [7, 11) is 1.62. The minimum atomic E-state index is -0.00425. The van der Waals surface area contributed by atoms with E-state index in [1.54, 1.807) is 7.11 Å². The van der Waals surface area contributed by atoms with E-state index in [0.717, 1.165) is 23.4 Å². The summed E-state index contributed by atoms with van der Waals surface area (Å²) in [6.07, 6.45) is 0.944. The molecule has 1 rings (SSSR count). The number of methoxy groups -OCH3 is 1. The fraction of sp³-hybridized carbons (Fsp3) is 0.462. The van der Waals surface area contributed by atoms with E-state index in [4.69, 9.17) is 4.74 Å². The molecule has 17 heavy (non-hydrogen) atoms. The van der Waals surface area contributed by atoms with Gasteiger partial charge in [-0.15, -0.1) is 0 Å². The minimum Gasteiger partial charge on any atom is -0.495 e. The van der Waals surface area contributed by atoms with E-state index in [-0.39, 0.29) is 12.5 Å². The SMILES string of the molecule is CCCNC(=O)CNc1cc(C)ccc1OC. The number of carbonyl (C=O) groups is 1. The third kappa shape index (κ3) is 4.34. The number of nitrogens with one attached hydrogen (secondary N) is 2. The fourth-order valence-corrected chi connectivity index (χ4v) is 1.46. The van der Waals surface area contributed by atoms with Crippen LogP contribution in [0.1, 0.15) is 18.9 Å². The van der Waals surface area contributed by atoms with Crippen LogP contribution < -0.4 is 15.4 Å². The number of hydrogen-bond donors (Lipinski definition) is 2. The Morgan fingerprint density at radius 2 is 2.18 bits per heavy atom.